The minimum Gasteiger partial charge on any atom is -0.465 e. The fraction of sp³-hybridized carbons (Fsp3) is 0.364. The molecule has 1 fully saturated rings. The molecule has 1 saturated carbocycles. The summed E-state index contributed by atoms with van der Waals surface area (Å²) in [6, 6.07) is 1.21. The van der Waals surface area contributed by atoms with Gasteiger partial charge in [-0.15, -0.1) is 0 Å². The number of nitrogens with one attached hydrogen (secondary N) is 1. The Labute approximate surface area is 96.7 Å². The predicted molar refractivity (Wildman–Crippen MR) is 58.8 cm³/mol. The van der Waals surface area contributed by atoms with Crippen LogP contribution in [-0.4, -0.2) is 19.1 Å². The van der Waals surface area contributed by atoms with Crippen LogP contribution in [0, 0.1) is 11.6 Å². The van der Waals surface area contributed by atoms with Crippen LogP contribution in [0.3, 0.4) is 0 Å². The summed E-state index contributed by atoms with van der Waals surface area (Å²) in [4.78, 5) is 11.2. The first-order valence-corrected chi connectivity index (χ1v) is 5.17. The molecule has 92 valence electrons. The first kappa shape index (κ1) is 11.6. The minimum absolute atomic E-state index is 0.00352. The molecule has 4 nitrogen and oxygen atoms in total. The highest BCUT2D eigenvalue weighted by Crippen LogP contribution is 2.32. The van der Waals surface area contributed by atoms with Crippen molar-refractivity contribution in [2.24, 2.45) is 0 Å². The zero-order valence-electron chi connectivity index (χ0n) is 9.22. The molecule has 0 aliphatic heterocycles. The lowest BCUT2D eigenvalue weighted by atomic mass is 10.1. The summed E-state index contributed by atoms with van der Waals surface area (Å²) in [6.07, 6.45) is 1.80. The Balaban J connectivity index is 2.42. The van der Waals surface area contributed by atoms with Crippen LogP contribution in [0.5, 0.6) is 0 Å². The number of anilines is 2. The Bertz CT molecular complexity index is 473. The third-order valence-corrected chi connectivity index (χ3v) is 2.57. The van der Waals surface area contributed by atoms with E-state index in [9.17, 15) is 13.6 Å². The molecule has 1 aliphatic rings. The minimum atomic E-state index is -1.24. The highest BCUT2D eigenvalue weighted by atomic mass is 19.2. The molecule has 0 bridgehead atoms. The number of nitrogens with two attached hydrogens (primary N) is 1. The van der Waals surface area contributed by atoms with Crippen LogP contribution in [-0.2, 0) is 4.74 Å². The van der Waals surface area contributed by atoms with Gasteiger partial charge in [-0.2, -0.15) is 0 Å². The number of nitrogen functional groups attached to an aromatic ring is 1. The number of benzene rings is 1. The highest BCUT2D eigenvalue weighted by molar-refractivity contribution is 5.92. The monoisotopic (exact) mass is 242 g/mol. The summed E-state index contributed by atoms with van der Waals surface area (Å²) in [5, 5.41) is 2.79. The fourth-order valence-electron chi connectivity index (χ4n) is 1.48. The quantitative estimate of drug-likeness (QED) is 0.627. The summed E-state index contributed by atoms with van der Waals surface area (Å²) in [7, 11) is 1.09. The molecule has 0 unspecified atom stereocenters. The van der Waals surface area contributed by atoms with Crippen molar-refractivity contribution in [3.63, 3.8) is 0 Å². The molecular weight excluding hydrogens is 230 g/mol. The fourth-order valence-corrected chi connectivity index (χ4v) is 1.48. The van der Waals surface area contributed by atoms with Gasteiger partial charge in [-0.05, 0) is 18.9 Å². The van der Waals surface area contributed by atoms with E-state index in [1.165, 1.54) is 0 Å². The third kappa shape index (κ3) is 2.15. The van der Waals surface area contributed by atoms with Crippen LogP contribution in [0.2, 0.25) is 0 Å². The number of carbonyl (C=O) groups is 1. The normalized spacial score (nSPS) is 14.5. The van der Waals surface area contributed by atoms with Gasteiger partial charge in [0.15, 0.2) is 11.6 Å². The van der Waals surface area contributed by atoms with Crippen molar-refractivity contribution < 1.29 is 18.3 Å². The number of rotatable bonds is 3. The molecule has 0 heterocycles. The van der Waals surface area contributed by atoms with Crippen LogP contribution in [0.1, 0.15) is 23.2 Å². The molecule has 2 rings (SSSR count). The van der Waals surface area contributed by atoms with Gasteiger partial charge in [-0.25, -0.2) is 13.6 Å². The maximum Gasteiger partial charge on any atom is 0.341 e. The van der Waals surface area contributed by atoms with Gasteiger partial charge in [0.2, 0.25) is 0 Å². The van der Waals surface area contributed by atoms with Gasteiger partial charge in [-0.3, -0.25) is 0 Å². The second-order valence-corrected chi connectivity index (χ2v) is 3.93. The van der Waals surface area contributed by atoms with E-state index < -0.39 is 23.2 Å². The van der Waals surface area contributed by atoms with Gasteiger partial charge in [-0.1, -0.05) is 0 Å². The topological polar surface area (TPSA) is 64.3 Å². The second kappa shape index (κ2) is 4.20. The molecule has 6 heteroatoms. The van der Waals surface area contributed by atoms with Crippen LogP contribution in [0.15, 0.2) is 6.07 Å². The van der Waals surface area contributed by atoms with Gasteiger partial charge >= 0.3 is 5.97 Å². The molecule has 17 heavy (non-hydrogen) atoms. The summed E-state index contributed by atoms with van der Waals surface area (Å²) in [5.41, 5.74) is 5.00. The van der Waals surface area contributed by atoms with E-state index in [0.29, 0.717) is 0 Å². The number of hydrogen-bond donors (Lipinski definition) is 2. The first-order valence-electron chi connectivity index (χ1n) is 5.17. The molecule has 1 aromatic carbocycles. The third-order valence-electron chi connectivity index (χ3n) is 2.57. The number of methoxy groups -OCH3 is 1. The second-order valence-electron chi connectivity index (χ2n) is 3.93. The molecule has 1 aliphatic carbocycles. The largest absolute Gasteiger partial charge is 0.465 e. The van der Waals surface area contributed by atoms with Crippen LogP contribution >= 0.6 is 0 Å². The molecule has 0 amide bonds. The van der Waals surface area contributed by atoms with Crippen molar-refractivity contribution >= 4 is 17.3 Å². The highest BCUT2D eigenvalue weighted by Gasteiger charge is 2.27. The average Bonchev–Trinajstić information content (AvgIpc) is 3.12. The molecule has 1 aromatic rings. The number of carbonyl (C=O) groups excluding carboxylic acids is 1. The number of hydrogen-bond acceptors (Lipinski definition) is 4. The van der Waals surface area contributed by atoms with E-state index in [1.54, 1.807) is 0 Å². The molecule has 0 atom stereocenters. The van der Waals surface area contributed by atoms with Gasteiger partial charge in [0.1, 0.15) is 5.56 Å². The zero-order chi connectivity index (χ0) is 12.6. The van der Waals surface area contributed by atoms with Crippen molar-refractivity contribution in [2.45, 2.75) is 18.9 Å². The summed E-state index contributed by atoms with van der Waals surface area (Å²) < 4.78 is 31.6. The van der Waals surface area contributed by atoms with E-state index in [-0.39, 0.29) is 17.4 Å². The van der Waals surface area contributed by atoms with E-state index in [0.717, 1.165) is 26.0 Å². The summed E-state index contributed by atoms with van der Waals surface area (Å²) in [6.45, 7) is 0. The summed E-state index contributed by atoms with van der Waals surface area (Å²) in [5.74, 6) is -3.34. The van der Waals surface area contributed by atoms with Crippen molar-refractivity contribution in [3.8, 4) is 0 Å². The van der Waals surface area contributed by atoms with Crippen LogP contribution in [0.25, 0.3) is 0 Å². The Hall–Kier alpha value is -1.85. The van der Waals surface area contributed by atoms with Gasteiger partial charge < -0.3 is 15.8 Å². The Morgan fingerprint density at radius 2 is 2.12 bits per heavy atom. The molecule has 3 N–H and O–H groups in total. The van der Waals surface area contributed by atoms with Gasteiger partial charge in [0.25, 0.3) is 0 Å². The van der Waals surface area contributed by atoms with Crippen molar-refractivity contribution in [3.05, 3.63) is 23.3 Å². The number of halogens is 2. The summed E-state index contributed by atoms with van der Waals surface area (Å²) >= 11 is 0. The van der Waals surface area contributed by atoms with Crippen LogP contribution < -0.4 is 11.1 Å². The smallest absolute Gasteiger partial charge is 0.341 e. The average molecular weight is 242 g/mol. The molecule has 0 saturated heterocycles. The Morgan fingerprint density at radius 1 is 1.47 bits per heavy atom. The molecule has 0 radical (unpaired) electrons. The standard InChI is InChI=1S/C11H12F2N2O2/c1-17-11(16)6-4-7(14)10(9(13)8(6)12)15-5-2-3-5/h4-5,15H,2-3,14H2,1H3. The molecular formula is C11H12F2N2O2. The van der Waals surface area contributed by atoms with E-state index in [2.05, 4.69) is 10.1 Å². The lowest BCUT2D eigenvalue weighted by molar-refractivity contribution is 0.0594. The van der Waals surface area contributed by atoms with Crippen molar-refractivity contribution in [1.29, 1.82) is 0 Å². The predicted octanol–water partition coefficient (Wildman–Crippen LogP) is 1.91. The van der Waals surface area contributed by atoms with Crippen molar-refractivity contribution in [2.75, 3.05) is 18.2 Å². The SMILES string of the molecule is COC(=O)c1cc(N)c(NC2CC2)c(F)c1F. The Kier molecular flexibility index (Phi) is 2.87. The van der Waals surface area contributed by atoms with Gasteiger partial charge in [0.05, 0.1) is 18.5 Å². The van der Waals surface area contributed by atoms with Crippen molar-refractivity contribution in [1.82, 2.24) is 0 Å². The zero-order valence-corrected chi connectivity index (χ0v) is 9.22. The van der Waals surface area contributed by atoms with Crippen LogP contribution in [0.4, 0.5) is 20.2 Å². The lowest BCUT2D eigenvalue weighted by Crippen LogP contribution is -2.12. The number of esters is 1. The first-order chi connectivity index (χ1) is 8.04. The lowest BCUT2D eigenvalue weighted by Gasteiger charge is -2.12. The number of ether oxygens (including phenoxy) is 1. The Morgan fingerprint density at radius 3 is 2.65 bits per heavy atom. The molecule has 0 spiro atoms. The van der Waals surface area contributed by atoms with E-state index in [1.807, 2.05) is 0 Å². The maximum atomic E-state index is 13.7. The van der Waals surface area contributed by atoms with E-state index >= 15 is 0 Å². The van der Waals surface area contributed by atoms with Gasteiger partial charge in [0, 0.05) is 6.04 Å². The maximum absolute atomic E-state index is 13.7. The van der Waals surface area contributed by atoms with E-state index in [4.69, 9.17) is 5.73 Å². The molecule has 0 aromatic heterocycles.